The van der Waals surface area contributed by atoms with E-state index in [-0.39, 0.29) is 0 Å². The maximum atomic E-state index is 11.5. The Bertz CT molecular complexity index is 411. The molecule has 1 unspecified atom stereocenters. The Morgan fingerprint density at radius 1 is 1.38 bits per heavy atom. The number of carbonyl (C=O) groups is 1. The summed E-state index contributed by atoms with van der Waals surface area (Å²) >= 11 is 0. The number of benzene rings is 1. The highest BCUT2D eigenvalue weighted by atomic mass is 16.1. The first-order chi connectivity index (χ1) is 7.82. The van der Waals surface area contributed by atoms with Gasteiger partial charge in [0.1, 0.15) is 11.8 Å². The highest BCUT2D eigenvalue weighted by molar-refractivity contribution is 5.74. The summed E-state index contributed by atoms with van der Waals surface area (Å²) in [6.45, 7) is 2.14. The third-order valence-electron chi connectivity index (χ3n) is 3.17. The summed E-state index contributed by atoms with van der Waals surface area (Å²) in [6, 6.07) is 8.08. The van der Waals surface area contributed by atoms with Crippen LogP contribution in [0.5, 0.6) is 0 Å². The molecule has 84 valence electrons. The minimum Gasteiger partial charge on any atom is -0.375 e. The van der Waals surface area contributed by atoms with Gasteiger partial charge in [0.2, 0.25) is 0 Å². The van der Waals surface area contributed by atoms with Crippen LogP contribution in [0.1, 0.15) is 37.3 Å². The van der Waals surface area contributed by atoms with Crippen LogP contribution in [0.4, 0.5) is 0 Å². The predicted molar refractivity (Wildman–Crippen MR) is 65.9 cm³/mol. The average molecular weight is 215 g/mol. The minimum atomic E-state index is -0.513. The van der Waals surface area contributed by atoms with Gasteiger partial charge in [-0.25, -0.2) is 0 Å². The van der Waals surface area contributed by atoms with Crippen LogP contribution in [-0.4, -0.2) is 6.29 Å². The van der Waals surface area contributed by atoms with E-state index in [1.54, 1.807) is 0 Å². The zero-order valence-electron chi connectivity index (χ0n) is 9.57. The number of fused-ring (bicyclic) bond motifs is 1. The summed E-state index contributed by atoms with van der Waals surface area (Å²) in [6.07, 6.45) is 7.95. The number of nitrogens with one attached hydrogen (secondary N) is 1. The number of unbranched alkanes of at least 4 members (excludes halogenated alkanes) is 1. The Labute approximate surface area is 96.4 Å². The van der Waals surface area contributed by atoms with Crippen molar-refractivity contribution in [1.82, 2.24) is 5.32 Å². The molecule has 0 saturated heterocycles. The van der Waals surface area contributed by atoms with E-state index in [1.165, 1.54) is 0 Å². The quantitative estimate of drug-likeness (QED) is 0.782. The van der Waals surface area contributed by atoms with Gasteiger partial charge in [-0.05, 0) is 29.8 Å². The monoisotopic (exact) mass is 215 g/mol. The molecule has 2 nitrogen and oxygen atoms in total. The second-order valence-corrected chi connectivity index (χ2v) is 4.26. The first-order valence-corrected chi connectivity index (χ1v) is 5.82. The molecule has 0 aromatic heterocycles. The zero-order valence-corrected chi connectivity index (χ0v) is 9.57. The summed E-state index contributed by atoms with van der Waals surface area (Å²) in [4.78, 5) is 11.5. The largest absolute Gasteiger partial charge is 0.375 e. The Morgan fingerprint density at radius 3 is 2.94 bits per heavy atom. The molecule has 0 fully saturated rings. The van der Waals surface area contributed by atoms with Crippen LogP contribution < -0.4 is 5.32 Å². The van der Waals surface area contributed by atoms with E-state index in [4.69, 9.17) is 0 Å². The van der Waals surface area contributed by atoms with Crippen molar-refractivity contribution < 1.29 is 4.79 Å². The molecule has 1 aromatic rings. The van der Waals surface area contributed by atoms with E-state index in [2.05, 4.69) is 18.3 Å². The highest BCUT2D eigenvalue weighted by Crippen LogP contribution is 2.31. The van der Waals surface area contributed by atoms with Gasteiger partial charge < -0.3 is 10.1 Å². The van der Waals surface area contributed by atoms with E-state index in [0.717, 1.165) is 36.7 Å². The molecule has 0 saturated carbocycles. The molecule has 0 bridgehead atoms. The summed E-state index contributed by atoms with van der Waals surface area (Å²) in [7, 11) is 0. The number of hydrogen-bond acceptors (Lipinski definition) is 2. The fourth-order valence-corrected chi connectivity index (χ4v) is 2.23. The van der Waals surface area contributed by atoms with Gasteiger partial charge in [-0.3, -0.25) is 0 Å². The van der Waals surface area contributed by atoms with E-state index in [1.807, 2.05) is 30.5 Å². The molecule has 1 aliphatic heterocycles. The zero-order chi connectivity index (χ0) is 11.4. The van der Waals surface area contributed by atoms with Crippen molar-refractivity contribution in [2.75, 3.05) is 0 Å². The third-order valence-corrected chi connectivity index (χ3v) is 3.17. The SMILES string of the molecule is CCCCC1(C=O)NC=Cc2ccccc21. The Hall–Kier alpha value is -1.57. The number of carbonyl (C=O) groups excluding carboxylic acids is 1. The average Bonchev–Trinajstić information content (AvgIpc) is 2.36. The fraction of sp³-hybridized carbons (Fsp3) is 0.357. The third kappa shape index (κ3) is 1.75. The Kier molecular flexibility index (Phi) is 3.09. The van der Waals surface area contributed by atoms with Crippen LogP contribution >= 0.6 is 0 Å². The molecule has 2 heteroatoms. The lowest BCUT2D eigenvalue weighted by Gasteiger charge is -2.33. The smallest absolute Gasteiger partial charge is 0.149 e. The first kappa shape index (κ1) is 10.9. The fourth-order valence-electron chi connectivity index (χ4n) is 2.23. The van der Waals surface area contributed by atoms with E-state index in [0.29, 0.717) is 0 Å². The number of rotatable bonds is 4. The molecule has 1 atom stereocenters. The van der Waals surface area contributed by atoms with Crippen molar-refractivity contribution in [3.63, 3.8) is 0 Å². The topological polar surface area (TPSA) is 29.1 Å². The van der Waals surface area contributed by atoms with Crippen LogP contribution in [0.25, 0.3) is 6.08 Å². The van der Waals surface area contributed by atoms with E-state index < -0.39 is 5.54 Å². The van der Waals surface area contributed by atoms with Gasteiger partial charge >= 0.3 is 0 Å². The molecule has 1 aromatic carbocycles. The molecule has 0 aliphatic carbocycles. The van der Waals surface area contributed by atoms with Crippen molar-refractivity contribution in [1.29, 1.82) is 0 Å². The number of aldehydes is 1. The lowest BCUT2D eigenvalue weighted by Crippen LogP contribution is -2.43. The standard InChI is InChI=1S/C14H17NO/c1-2-3-9-14(11-16)13-7-5-4-6-12(13)8-10-15-14/h4-8,10-11,15H,2-3,9H2,1H3. The summed E-state index contributed by atoms with van der Waals surface area (Å²) in [5.41, 5.74) is 1.73. The minimum absolute atomic E-state index is 0.513. The second-order valence-electron chi connectivity index (χ2n) is 4.26. The predicted octanol–water partition coefficient (Wildman–Crippen LogP) is 2.84. The molecular formula is C14H17NO. The molecule has 0 amide bonds. The van der Waals surface area contributed by atoms with Gasteiger partial charge in [-0.15, -0.1) is 0 Å². The van der Waals surface area contributed by atoms with Gasteiger partial charge in [0.05, 0.1) is 0 Å². The summed E-state index contributed by atoms with van der Waals surface area (Å²) in [5.74, 6) is 0. The van der Waals surface area contributed by atoms with Crippen LogP contribution in [0.3, 0.4) is 0 Å². The van der Waals surface area contributed by atoms with Crippen molar-refractivity contribution in [3.8, 4) is 0 Å². The first-order valence-electron chi connectivity index (χ1n) is 5.82. The van der Waals surface area contributed by atoms with Gasteiger partial charge in [-0.1, -0.05) is 44.0 Å². The van der Waals surface area contributed by atoms with Gasteiger partial charge in [0, 0.05) is 0 Å². The molecule has 1 heterocycles. The van der Waals surface area contributed by atoms with E-state index in [9.17, 15) is 4.79 Å². The van der Waals surface area contributed by atoms with Gasteiger partial charge in [-0.2, -0.15) is 0 Å². The maximum Gasteiger partial charge on any atom is 0.149 e. The second kappa shape index (κ2) is 4.52. The molecule has 0 spiro atoms. The molecule has 1 N–H and O–H groups in total. The Morgan fingerprint density at radius 2 is 2.19 bits per heavy atom. The van der Waals surface area contributed by atoms with E-state index >= 15 is 0 Å². The molecule has 1 aliphatic rings. The van der Waals surface area contributed by atoms with Gasteiger partial charge in [0.15, 0.2) is 0 Å². The molecule has 16 heavy (non-hydrogen) atoms. The van der Waals surface area contributed by atoms with Crippen LogP contribution in [0, 0.1) is 0 Å². The van der Waals surface area contributed by atoms with Crippen LogP contribution in [-0.2, 0) is 10.3 Å². The number of hydrogen-bond donors (Lipinski definition) is 1. The summed E-state index contributed by atoms with van der Waals surface area (Å²) in [5, 5.41) is 3.22. The van der Waals surface area contributed by atoms with Crippen molar-refractivity contribution >= 4 is 12.4 Å². The highest BCUT2D eigenvalue weighted by Gasteiger charge is 2.33. The normalized spacial score (nSPS) is 22.3. The lowest BCUT2D eigenvalue weighted by molar-refractivity contribution is -0.113. The van der Waals surface area contributed by atoms with Gasteiger partial charge in [0.25, 0.3) is 0 Å². The van der Waals surface area contributed by atoms with Crippen LogP contribution in [0.2, 0.25) is 0 Å². The van der Waals surface area contributed by atoms with Crippen molar-refractivity contribution in [2.24, 2.45) is 0 Å². The van der Waals surface area contributed by atoms with Crippen molar-refractivity contribution in [3.05, 3.63) is 41.6 Å². The molecular weight excluding hydrogens is 198 g/mol. The maximum absolute atomic E-state index is 11.5. The molecule has 0 radical (unpaired) electrons. The Balaban J connectivity index is 2.40. The summed E-state index contributed by atoms with van der Waals surface area (Å²) < 4.78 is 0. The lowest BCUT2D eigenvalue weighted by atomic mass is 9.82. The van der Waals surface area contributed by atoms with Crippen LogP contribution in [0.15, 0.2) is 30.5 Å². The van der Waals surface area contributed by atoms with Crippen molar-refractivity contribution in [2.45, 2.75) is 31.7 Å². The molecule has 2 rings (SSSR count).